The van der Waals surface area contributed by atoms with E-state index in [9.17, 15) is 4.79 Å². The molecule has 0 unspecified atom stereocenters. The Labute approximate surface area is 72.6 Å². The lowest BCUT2D eigenvalue weighted by molar-refractivity contribution is -0.150. The molecule has 0 bridgehead atoms. The van der Waals surface area contributed by atoms with Gasteiger partial charge in [0.1, 0.15) is 5.78 Å². The largest absolute Gasteiger partial charge is 0.384 e. The van der Waals surface area contributed by atoms with E-state index in [-0.39, 0.29) is 5.41 Å². The van der Waals surface area contributed by atoms with E-state index in [1.807, 2.05) is 0 Å². The summed E-state index contributed by atoms with van der Waals surface area (Å²) in [5, 5.41) is 0. The molecule has 0 aliphatic heterocycles. The molecule has 0 aromatic carbocycles. The summed E-state index contributed by atoms with van der Waals surface area (Å²) in [5.41, 5.74) is -0.122. The number of hydrogen-bond acceptors (Lipinski definition) is 2. The van der Waals surface area contributed by atoms with Gasteiger partial charge in [-0.3, -0.25) is 4.79 Å². The second-order valence-electron chi connectivity index (χ2n) is 3.79. The zero-order chi connectivity index (χ0) is 8.60. The monoisotopic (exact) mass is 166 g/mol. The number of Topliss-reactive ketones (excluding diaryl/α,β-unsaturated/α-hetero) is 1. The fourth-order valence-electron chi connectivity index (χ4n) is 2.37. The summed E-state index contributed by atoms with van der Waals surface area (Å²) in [7, 11) is 1.68. The maximum atomic E-state index is 11.5. The summed E-state index contributed by atoms with van der Waals surface area (Å²) >= 11 is 0. The van der Waals surface area contributed by atoms with Gasteiger partial charge >= 0.3 is 0 Å². The molecule has 1 saturated carbocycles. The van der Waals surface area contributed by atoms with Crippen LogP contribution in [-0.2, 0) is 9.53 Å². The Bertz CT molecular complexity index is 232. The van der Waals surface area contributed by atoms with Crippen LogP contribution in [0.15, 0.2) is 12.2 Å². The van der Waals surface area contributed by atoms with Crippen LogP contribution in [0, 0.1) is 11.3 Å². The van der Waals surface area contributed by atoms with Crippen LogP contribution in [0.1, 0.15) is 19.3 Å². The molecule has 12 heavy (non-hydrogen) atoms. The molecule has 2 aliphatic carbocycles. The summed E-state index contributed by atoms with van der Waals surface area (Å²) in [5.74, 6) is 0.873. The topological polar surface area (TPSA) is 26.3 Å². The van der Waals surface area contributed by atoms with E-state index < -0.39 is 0 Å². The van der Waals surface area contributed by atoms with E-state index in [0.717, 1.165) is 19.3 Å². The van der Waals surface area contributed by atoms with Gasteiger partial charge in [0.15, 0.2) is 0 Å². The van der Waals surface area contributed by atoms with Crippen LogP contribution in [0.2, 0.25) is 0 Å². The van der Waals surface area contributed by atoms with Crippen LogP contribution in [0.25, 0.3) is 0 Å². The first-order valence-corrected chi connectivity index (χ1v) is 4.48. The van der Waals surface area contributed by atoms with Gasteiger partial charge in [0.05, 0.1) is 12.0 Å². The SMILES string of the molecule is COC[C@@]12CCC=C[C@@H]1CC2=O. The lowest BCUT2D eigenvalue weighted by Crippen LogP contribution is -2.53. The Balaban J connectivity index is 2.18. The molecule has 1 fully saturated rings. The first-order chi connectivity index (χ1) is 5.79. The van der Waals surface area contributed by atoms with Gasteiger partial charge in [-0.1, -0.05) is 12.2 Å². The number of hydrogen-bond donors (Lipinski definition) is 0. The molecule has 2 heteroatoms. The van der Waals surface area contributed by atoms with E-state index in [1.165, 1.54) is 0 Å². The molecule has 0 aromatic heterocycles. The van der Waals surface area contributed by atoms with Crippen molar-refractivity contribution in [3.05, 3.63) is 12.2 Å². The first-order valence-electron chi connectivity index (χ1n) is 4.48. The van der Waals surface area contributed by atoms with Gasteiger partial charge in [-0.2, -0.15) is 0 Å². The van der Waals surface area contributed by atoms with Gasteiger partial charge in [-0.05, 0) is 18.8 Å². The molecular formula is C10H14O2. The molecule has 0 aromatic rings. The van der Waals surface area contributed by atoms with E-state index >= 15 is 0 Å². The van der Waals surface area contributed by atoms with Gasteiger partial charge in [0.2, 0.25) is 0 Å². The quantitative estimate of drug-likeness (QED) is 0.582. The molecule has 2 aliphatic rings. The number of ether oxygens (including phenoxy) is 1. The molecule has 2 rings (SSSR count). The van der Waals surface area contributed by atoms with Crippen molar-refractivity contribution in [2.24, 2.45) is 11.3 Å². The lowest BCUT2D eigenvalue weighted by atomic mass is 9.55. The van der Waals surface area contributed by atoms with Crippen molar-refractivity contribution in [1.29, 1.82) is 0 Å². The third-order valence-corrected chi connectivity index (χ3v) is 3.20. The van der Waals surface area contributed by atoms with Crippen molar-refractivity contribution in [2.75, 3.05) is 13.7 Å². The van der Waals surface area contributed by atoms with Crippen molar-refractivity contribution in [1.82, 2.24) is 0 Å². The molecule has 2 nitrogen and oxygen atoms in total. The van der Waals surface area contributed by atoms with Crippen molar-refractivity contribution in [3.8, 4) is 0 Å². The molecule has 0 radical (unpaired) electrons. The van der Waals surface area contributed by atoms with E-state index in [4.69, 9.17) is 4.74 Å². The summed E-state index contributed by atoms with van der Waals surface area (Å²) in [6, 6.07) is 0. The van der Waals surface area contributed by atoms with Crippen LogP contribution in [0.3, 0.4) is 0 Å². The zero-order valence-corrected chi connectivity index (χ0v) is 7.38. The highest BCUT2D eigenvalue weighted by molar-refractivity contribution is 5.92. The minimum absolute atomic E-state index is 0.122. The first kappa shape index (κ1) is 7.99. The number of allylic oxidation sites excluding steroid dienone is 2. The number of fused-ring (bicyclic) bond motifs is 1. The number of ketones is 1. The Kier molecular flexibility index (Phi) is 1.80. The van der Waals surface area contributed by atoms with E-state index in [2.05, 4.69) is 12.2 Å². The predicted molar refractivity (Wildman–Crippen MR) is 45.8 cm³/mol. The number of carbonyl (C=O) groups is 1. The number of methoxy groups -OCH3 is 1. The van der Waals surface area contributed by atoms with Gasteiger partial charge in [-0.15, -0.1) is 0 Å². The summed E-state index contributed by atoms with van der Waals surface area (Å²) in [6.07, 6.45) is 7.13. The molecule has 0 heterocycles. The van der Waals surface area contributed by atoms with Crippen molar-refractivity contribution in [3.63, 3.8) is 0 Å². The molecule has 2 atom stereocenters. The van der Waals surface area contributed by atoms with E-state index in [1.54, 1.807) is 7.11 Å². The van der Waals surface area contributed by atoms with Gasteiger partial charge in [0.25, 0.3) is 0 Å². The Morgan fingerprint density at radius 3 is 3.17 bits per heavy atom. The third-order valence-electron chi connectivity index (χ3n) is 3.20. The second kappa shape index (κ2) is 2.70. The molecule has 0 spiro atoms. The molecule has 0 amide bonds. The van der Waals surface area contributed by atoms with Crippen LogP contribution >= 0.6 is 0 Å². The molecule has 0 saturated heterocycles. The third kappa shape index (κ3) is 0.876. The Morgan fingerprint density at radius 2 is 2.58 bits per heavy atom. The molecule has 66 valence electrons. The van der Waals surface area contributed by atoms with Crippen molar-refractivity contribution >= 4 is 5.78 Å². The highest BCUT2D eigenvalue weighted by atomic mass is 16.5. The van der Waals surface area contributed by atoms with Gasteiger partial charge in [-0.25, -0.2) is 0 Å². The predicted octanol–water partition coefficient (Wildman–Crippen LogP) is 1.56. The minimum Gasteiger partial charge on any atom is -0.384 e. The minimum atomic E-state index is -0.122. The summed E-state index contributed by atoms with van der Waals surface area (Å²) in [4.78, 5) is 11.5. The maximum Gasteiger partial charge on any atom is 0.142 e. The average Bonchev–Trinajstić information content (AvgIpc) is 2.07. The van der Waals surface area contributed by atoms with Crippen LogP contribution in [0.4, 0.5) is 0 Å². The smallest absolute Gasteiger partial charge is 0.142 e. The van der Waals surface area contributed by atoms with Crippen LogP contribution in [0.5, 0.6) is 0 Å². The standard InChI is InChI=1S/C10H14O2/c1-12-7-10-5-3-2-4-8(10)6-9(10)11/h2,4,8H,3,5-7H2,1H3/t8-,10+/m1/s1. The number of carbonyl (C=O) groups excluding carboxylic acids is 1. The highest BCUT2D eigenvalue weighted by Gasteiger charge is 2.53. The summed E-state index contributed by atoms with van der Waals surface area (Å²) < 4.78 is 5.12. The fraction of sp³-hybridized carbons (Fsp3) is 0.700. The fourth-order valence-corrected chi connectivity index (χ4v) is 2.37. The van der Waals surface area contributed by atoms with Crippen LogP contribution in [-0.4, -0.2) is 19.5 Å². The summed E-state index contributed by atoms with van der Waals surface area (Å²) in [6.45, 7) is 0.612. The van der Waals surface area contributed by atoms with Gasteiger partial charge < -0.3 is 4.74 Å². The second-order valence-corrected chi connectivity index (χ2v) is 3.79. The normalized spacial score (nSPS) is 39.1. The lowest BCUT2D eigenvalue weighted by Gasteiger charge is -2.48. The van der Waals surface area contributed by atoms with Crippen LogP contribution < -0.4 is 0 Å². The van der Waals surface area contributed by atoms with E-state index in [0.29, 0.717) is 18.3 Å². The molecule has 0 N–H and O–H groups in total. The number of rotatable bonds is 2. The average molecular weight is 166 g/mol. The zero-order valence-electron chi connectivity index (χ0n) is 7.38. The Morgan fingerprint density at radius 1 is 1.75 bits per heavy atom. The van der Waals surface area contributed by atoms with Crippen molar-refractivity contribution < 1.29 is 9.53 Å². The highest BCUT2D eigenvalue weighted by Crippen LogP contribution is 2.50. The van der Waals surface area contributed by atoms with Crippen molar-refractivity contribution in [2.45, 2.75) is 19.3 Å². The molecular weight excluding hydrogens is 152 g/mol. The Hall–Kier alpha value is -0.630. The van der Waals surface area contributed by atoms with Gasteiger partial charge in [0, 0.05) is 13.5 Å². The maximum absolute atomic E-state index is 11.5.